The topological polar surface area (TPSA) is 91.3 Å². The van der Waals surface area contributed by atoms with Crippen molar-refractivity contribution in [2.75, 3.05) is 5.73 Å². The smallest absolute Gasteiger partial charge is 0.254 e. The van der Waals surface area contributed by atoms with Crippen LogP contribution < -0.4 is 5.73 Å². The molecule has 2 N–H and O–H groups in total. The fourth-order valence-electron chi connectivity index (χ4n) is 4.04. The van der Waals surface area contributed by atoms with Crippen molar-refractivity contribution in [3.05, 3.63) is 58.8 Å². The van der Waals surface area contributed by atoms with E-state index >= 15 is 0 Å². The van der Waals surface area contributed by atoms with Gasteiger partial charge in [-0.1, -0.05) is 57.1 Å². The van der Waals surface area contributed by atoms with E-state index in [1.54, 1.807) is 4.68 Å². The molecule has 1 aromatic carbocycles. The Morgan fingerprint density at radius 1 is 1.30 bits per heavy atom. The van der Waals surface area contributed by atoms with Crippen LogP contribution in [0.25, 0.3) is 16.1 Å². The molecule has 2 aromatic heterocycles. The van der Waals surface area contributed by atoms with Crippen molar-refractivity contribution >= 4 is 17.3 Å². The summed E-state index contributed by atoms with van der Waals surface area (Å²) in [6.07, 6.45) is 3.03. The lowest BCUT2D eigenvalue weighted by molar-refractivity contribution is -0.119. The molecule has 172 valence electrons. The van der Waals surface area contributed by atoms with Gasteiger partial charge >= 0.3 is 0 Å². The first-order chi connectivity index (χ1) is 15.5. The summed E-state index contributed by atoms with van der Waals surface area (Å²) in [7, 11) is 0. The molecule has 0 spiro atoms. The van der Waals surface area contributed by atoms with Crippen molar-refractivity contribution in [1.29, 1.82) is 0 Å². The highest BCUT2D eigenvalue weighted by molar-refractivity contribution is 5.87. The molecule has 1 aliphatic carbocycles. The van der Waals surface area contributed by atoms with Gasteiger partial charge < -0.3 is 10.3 Å². The predicted octanol–water partition coefficient (Wildman–Crippen LogP) is 5.68. The van der Waals surface area contributed by atoms with Crippen LogP contribution >= 0.6 is 0 Å². The molecule has 0 aliphatic heterocycles. The van der Waals surface area contributed by atoms with Crippen molar-refractivity contribution in [3.63, 3.8) is 0 Å². The maximum absolute atomic E-state index is 12.9. The Labute approximate surface area is 194 Å². The maximum atomic E-state index is 12.9. The zero-order valence-electron chi connectivity index (χ0n) is 20.0. The molecule has 33 heavy (non-hydrogen) atoms. The summed E-state index contributed by atoms with van der Waals surface area (Å²) in [4.78, 5) is 16.5. The number of nitrogen functional groups attached to an aromatic ring is 1. The average molecular weight is 446 g/mol. The lowest BCUT2D eigenvalue weighted by Gasteiger charge is -2.15. The fourth-order valence-corrected chi connectivity index (χ4v) is 4.04. The van der Waals surface area contributed by atoms with Crippen LogP contribution in [0, 0.1) is 12.0 Å². The third-order valence-corrected chi connectivity index (χ3v) is 6.33. The van der Waals surface area contributed by atoms with Crippen LogP contribution in [0.4, 0.5) is 11.5 Å². The third-order valence-electron chi connectivity index (χ3n) is 6.33. The van der Waals surface area contributed by atoms with E-state index in [1.807, 2.05) is 37.3 Å². The Hall–Kier alpha value is -3.40. The molecule has 1 atom stereocenters. The molecule has 1 unspecified atom stereocenters. The molecule has 0 bridgehead atoms. The van der Waals surface area contributed by atoms with Crippen molar-refractivity contribution in [1.82, 2.24) is 14.9 Å². The zero-order chi connectivity index (χ0) is 24.0. The Kier molecular flexibility index (Phi) is 5.65. The standard InChI is InChI=1S/C26H31N5O2/c1-16(21(32)14-20-13-19(30-33-20)15-25(2,3)4)17-7-9-18(10-8-17)22-23(28-6)24(27)31(29-22)26(5)11-12-26/h7-10,13,16H,11-12,14-15,27H2,1-5H3. The summed E-state index contributed by atoms with van der Waals surface area (Å²) in [6.45, 7) is 18.0. The molecule has 4 rings (SSSR count). The summed E-state index contributed by atoms with van der Waals surface area (Å²) in [5, 5.41) is 8.78. The number of nitrogens with zero attached hydrogens (tertiary/aromatic N) is 4. The number of aromatic nitrogens is 3. The lowest BCUT2D eigenvalue weighted by Crippen LogP contribution is -2.16. The lowest BCUT2D eigenvalue weighted by atomic mass is 9.90. The average Bonchev–Trinajstić information content (AvgIpc) is 3.20. The summed E-state index contributed by atoms with van der Waals surface area (Å²) in [6, 6.07) is 9.54. The van der Waals surface area contributed by atoms with E-state index in [4.69, 9.17) is 16.8 Å². The number of hydrogen-bond donors (Lipinski definition) is 1. The van der Waals surface area contributed by atoms with Crippen LogP contribution in [0.5, 0.6) is 0 Å². The molecular weight excluding hydrogens is 414 g/mol. The first-order valence-electron chi connectivity index (χ1n) is 11.3. The summed E-state index contributed by atoms with van der Waals surface area (Å²) in [5.74, 6) is 0.798. The van der Waals surface area contributed by atoms with Gasteiger partial charge in [-0.2, -0.15) is 5.10 Å². The van der Waals surface area contributed by atoms with Gasteiger partial charge in [-0.25, -0.2) is 4.85 Å². The molecule has 1 fully saturated rings. The Balaban J connectivity index is 1.48. The van der Waals surface area contributed by atoms with Crippen LogP contribution in [-0.4, -0.2) is 20.7 Å². The quantitative estimate of drug-likeness (QED) is 0.472. The second kappa shape index (κ2) is 8.18. The van der Waals surface area contributed by atoms with E-state index in [0.29, 0.717) is 23.0 Å². The number of hydrogen-bond acceptors (Lipinski definition) is 5. The summed E-state index contributed by atoms with van der Waals surface area (Å²) >= 11 is 0. The van der Waals surface area contributed by atoms with Gasteiger partial charge in [0.25, 0.3) is 5.69 Å². The number of benzene rings is 1. The molecule has 1 saturated carbocycles. The number of carbonyl (C=O) groups excluding carboxylic acids is 1. The van der Waals surface area contributed by atoms with Gasteiger partial charge in [-0.15, -0.1) is 0 Å². The van der Waals surface area contributed by atoms with Gasteiger partial charge in [0.1, 0.15) is 23.1 Å². The number of carbonyl (C=O) groups is 1. The van der Waals surface area contributed by atoms with Crippen molar-refractivity contribution in [2.24, 2.45) is 5.41 Å². The highest BCUT2D eigenvalue weighted by Crippen LogP contribution is 2.47. The molecule has 3 aromatic rings. The van der Waals surface area contributed by atoms with E-state index in [1.165, 1.54) is 0 Å². The van der Waals surface area contributed by atoms with Gasteiger partial charge in [0, 0.05) is 12.0 Å². The van der Waals surface area contributed by atoms with Gasteiger partial charge in [-0.3, -0.25) is 9.48 Å². The van der Waals surface area contributed by atoms with Crippen molar-refractivity contribution in [3.8, 4) is 11.3 Å². The minimum Gasteiger partial charge on any atom is -0.393 e. The van der Waals surface area contributed by atoms with E-state index < -0.39 is 0 Å². The largest absolute Gasteiger partial charge is 0.393 e. The van der Waals surface area contributed by atoms with Crippen molar-refractivity contribution in [2.45, 2.75) is 71.8 Å². The number of Topliss-reactive ketones (excluding diaryl/α,β-unsaturated/α-hetero) is 1. The number of anilines is 1. The minimum absolute atomic E-state index is 0.0678. The van der Waals surface area contributed by atoms with Crippen molar-refractivity contribution < 1.29 is 9.32 Å². The molecule has 1 aliphatic rings. The first-order valence-corrected chi connectivity index (χ1v) is 11.3. The number of ketones is 1. The van der Waals surface area contributed by atoms with E-state index in [0.717, 1.165) is 36.1 Å². The van der Waals surface area contributed by atoms with Gasteiger partial charge in [0.2, 0.25) is 0 Å². The highest BCUT2D eigenvalue weighted by Gasteiger charge is 2.42. The van der Waals surface area contributed by atoms with E-state index in [9.17, 15) is 4.79 Å². The third kappa shape index (κ3) is 4.70. The maximum Gasteiger partial charge on any atom is 0.254 e. The highest BCUT2D eigenvalue weighted by atomic mass is 16.5. The second-order valence-electron chi connectivity index (χ2n) is 10.6. The number of nitrogens with two attached hydrogens (primary N) is 1. The Morgan fingerprint density at radius 2 is 1.97 bits per heavy atom. The summed E-state index contributed by atoms with van der Waals surface area (Å²) < 4.78 is 7.19. The van der Waals surface area contributed by atoms with Crippen LogP contribution in [0.3, 0.4) is 0 Å². The normalized spacial score (nSPS) is 15.8. The number of rotatable bonds is 7. The molecule has 0 saturated heterocycles. The Bertz CT molecular complexity index is 1220. The van der Waals surface area contributed by atoms with Crippen LogP contribution in [0.2, 0.25) is 0 Å². The molecule has 7 heteroatoms. The van der Waals surface area contributed by atoms with E-state index in [2.05, 4.69) is 42.8 Å². The van der Waals surface area contributed by atoms with Gasteiger partial charge in [-0.05, 0) is 42.7 Å². The molecule has 0 amide bonds. The Morgan fingerprint density at radius 3 is 2.55 bits per heavy atom. The molecule has 2 heterocycles. The SMILES string of the molecule is [C-]#[N+]c1c(-c2ccc(C(C)C(=O)Cc3cc(CC(C)(C)C)no3)cc2)nn(C2(C)CC2)c1N. The van der Waals surface area contributed by atoms with Crippen LogP contribution in [0.15, 0.2) is 34.9 Å². The first kappa shape index (κ1) is 22.8. The second-order valence-corrected chi connectivity index (χ2v) is 10.6. The predicted molar refractivity (Wildman–Crippen MR) is 128 cm³/mol. The summed E-state index contributed by atoms with van der Waals surface area (Å²) in [5.41, 5.74) is 9.83. The fraction of sp³-hybridized carbons (Fsp3) is 0.462. The van der Waals surface area contributed by atoms with Crippen LogP contribution in [-0.2, 0) is 23.2 Å². The van der Waals surface area contributed by atoms with E-state index in [-0.39, 0.29) is 29.1 Å². The zero-order valence-corrected chi connectivity index (χ0v) is 20.0. The van der Waals surface area contributed by atoms with Gasteiger partial charge in [0.05, 0.1) is 24.2 Å². The minimum atomic E-state index is -0.288. The molecular formula is C26H31N5O2. The molecule has 7 nitrogen and oxygen atoms in total. The monoisotopic (exact) mass is 445 g/mol. The molecule has 0 radical (unpaired) electrons. The van der Waals surface area contributed by atoms with Gasteiger partial charge in [0.15, 0.2) is 0 Å². The van der Waals surface area contributed by atoms with Crippen LogP contribution in [0.1, 0.15) is 70.4 Å².